The number of carbonyl (C=O) groups is 1. The van der Waals surface area contributed by atoms with Crippen molar-refractivity contribution in [2.75, 3.05) is 13.1 Å². The summed E-state index contributed by atoms with van der Waals surface area (Å²) in [4.78, 5) is 11.1. The molecule has 9 heteroatoms. The van der Waals surface area contributed by atoms with Gasteiger partial charge in [-0.25, -0.2) is 8.42 Å². The Balaban J connectivity index is 2.45. The highest BCUT2D eigenvalue weighted by Gasteiger charge is 2.65. The van der Waals surface area contributed by atoms with E-state index in [9.17, 15) is 26.4 Å². The summed E-state index contributed by atoms with van der Waals surface area (Å²) >= 11 is 0. The van der Waals surface area contributed by atoms with E-state index in [-0.39, 0.29) is 4.90 Å². The van der Waals surface area contributed by atoms with E-state index in [1.54, 1.807) is 19.1 Å². The number of hydrogen-bond donors (Lipinski definition) is 1. The van der Waals surface area contributed by atoms with E-state index >= 15 is 0 Å². The largest absolute Gasteiger partial charge is 0.481 e. The fourth-order valence-corrected chi connectivity index (χ4v) is 4.44. The number of rotatable bonds is 3. The first kappa shape index (κ1) is 17.7. The minimum Gasteiger partial charge on any atom is -0.481 e. The second-order valence-electron chi connectivity index (χ2n) is 5.74. The molecular weight excluding hydrogens is 335 g/mol. The second-order valence-corrected chi connectivity index (χ2v) is 7.65. The maximum atomic E-state index is 13.2. The van der Waals surface area contributed by atoms with Crippen LogP contribution in [0.2, 0.25) is 0 Å². The summed E-state index contributed by atoms with van der Waals surface area (Å²) in [5.41, 5.74) is -2.01. The first-order chi connectivity index (χ1) is 10.4. The Hall–Kier alpha value is -1.61. The third-order valence-corrected chi connectivity index (χ3v) is 6.13. The lowest BCUT2D eigenvalue weighted by atomic mass is 9.86. The summed E-state index contributed by atoms with van der Waals surface area (Å²) in [6, 6.07) is 4.63. The van der Waals surface area contributed by atoms with Crippen molar-refractivity contribution in [3.8, 4) is 0 Å². The van der Waals surface area contributed by atoms with Gasteiger partial charge in [-0.3, -0.25) is 4.79 Å². The molecule has 0 radical (unpaired) electrons. The second kappa shape index (κ2) is 5.48. The van der Waals surface area contributed by atoms with Crippen LogP contribution in [0.25, 0.3) is 0 Å². The molecule has 0 aromatic heterocycles. The van der Waals surface area contributed by atoms with Crippen molar-refractivity contribution in [2.24, 2.45) is 5.41 Å². The lowest BCUT2D eigenvalue weighted by molar-refractivity contribution is -0.226. The third kappa shape index (κ3) is 2.83. The standard InChI is InChI=1S/C14H16F3NO4S/c1-9-3-4-10(2)11(7-9)23(21,22)18-6-5-13(8-18,12(19)20)14(15,16)17/h3-4,7H,5-6,8H2,1-2H3,(H,19,20). The van der Waals surface area contributed by atoms with Gasteiger partial charge in [0.15, 0.2) is 5.41 Å². The van der Waals surface area contributed by atoms with Crippen LogP contribution in [0.15, 0.2) is 23.1 Å². The molecule has 0 amide bonds. The lowest BCUT2D eigenvalue weighted by Crippen LogP contribution is -2.47. The van der Waals surface area contributed by atoms with Crippen LogP contribution in [0.1, 0.15) is 17.5 Å². The van der Waals surface area contributed by atoms with Gasteiger partial charge < -0.3 is 5.11 Å². The van der Waals surface area contributed by atoms with Crippen molar-refractivity contribution in [2.45, 2.75) is 31.3 Å². The molecule has 0 saturated carbocycles. The molecule has 1 atom stereocenters. The Labute approximate surface area is 131 Å². The molecule has 1 aliphatic heterocycles. The Morgan fingerprint density at radius 1 is 1.30 bits per heavy atom. The van der Waals surface area contributed by atoms with E-state index in [0.717, 1.165) is 0 Å². The maximum Gasteiger partial charge on any atom is 0.406 e. The molecule has 1 aliphatic rings. The molecule has 1 N–H and O–H groups in total. The quantitative estimate of drug-likeness (QED) is 0.907. The molecule has 0 bridgehead atoms. The van der Waals surface area contributed by atoms with Crippen LogP contribution in [0, 0.1) is 19.3 Å². The van der Waals surface area contributed by atoms with Gasteiger partial charge in [-0.05, 0) is 37.5 Å². The van der Waals surface area contributed by atoms with E-state index in [4.69, 9.17) is 5.11 Å². The third-order valence-electron chi connectivity index (χ3n) is 4.15. The van der Waals surface area contributed by atoms with Crippen LogP contribution in [0.3, 0.4) is 0 Å². The molecular formula is C14H16F3NO4S. The van der Waals surface area contributed by atoms with Crippen molar-refractivity contribution in [3.63, 3.8) is 0 Å². The zero-order valence-electron chi connectivity index (χ0n) is 12.5. The summed E-state index contributed by atoms with van der Waals surface area (Å²) < 4.78 is 65.3. The van der Waals surface area contributed by atoms with Crippen LogP contribution in [0.5, 0.6) is 0 Å². The Morgan fingerprint density at radius 2 is 1.91 bits per heavy atom. The average Bonchev–Trinajstić information content (AvgIpc) is 2.88. The Morgan fingerprint density at radius 3 is 2.39 bits per heavy atom. The number of alkyl halides is 3. The molecule has 1 fully saturated rings. The van der Waals surface area contributed by atoms with Crippen molar-refractivity contribution in [1.29, 1.82) is 0 Å². The molecule has 1 saturated heterocycles. The van der Waals surface area contributed by atoms with Crippen molar-refractivity contribution in [3.05, 3.63) is 29.3 Å². The fourth-order valence-electron chi connectivity index (χ4n) is 2.63. The van der Waals surface area contributed by atoms with Gasteiger partial charge in [-0.1, -0.05) is 12.1 Å². The topological polar surface area (TPSA) is 74.7 Å². The van der Waals surface area contributed by atoms with Gasteiger partial charge in [-0.15, -0.1) is 0 Å². The molecule has 0 aliphatic carbocycles. The van der Waals surface area contributed by atoms with Crippen LogP contribution in [-0.4, -0.2) is 43.1 Å². The van der Waals surface area contributed by atoms with Crippen molar-refractivity contribution < 1.29 is 31.5 Å². The fraction of sp³-hybridized carbons (Fsp3) is 0.500. The molecule has 128 valence electrons. The van der Waals surface area contributed by atoms with Gasteiger partial charge in [0.05, 0.1) is 4.90 Å². The first-order valence-electron chi connectivity index (χ1n) is 6.79. The number of aryl methyl sites for hydroxylation is 2. The highest BCUT2D eigenvalue weighted by molar-refractivity contribution is 7.89. The smallest absolute Gasteiger partial charge is 0.406 e. The van der Waals surface area contributed by atoms with E-state index in [1.165, 1.54) is 13.0 Å². The van der Waals surface area contributed by atoms with Gasteiger partial charge in [0.2, 0.25) is 10.0 Å². The number of carboxylic acid groups (broad SMARTS) is 1. The SMILES string of the molecule is Cc1ccc(C)c(S(=O)(=O)N2CCC(C(=O)O)(C(F)(F)F)C2)c1. The van der Waals surface area contributed by atoms with E-state index in [0.29, 0.717) is 15.4 Å². The Bertz CT molecular complexity index is 745. The highest BCUT2D eigenvalue weighted by Crippen LogP contribution is 2.47. The summed E-state index contributed by atoms with van der Waals surface area (Å²) in [6.07, 6.45) is -5.82. The maximum absolute atomic E-state index is 13.2. The minimum absolute atomic E-state index is 0.0964. The summed E-state index contributed by atoms with van der Waals surface area (Å²) in [6.45, 7) is 1.61. The summed E-state index contributed by atoms with van der Waals surface area (Å²) in [5, 5.41) is 9.01. The number of carboxylic acids is 1. The first-order valence-corrected chi connectivity index (χ1v) is 8.23. The number of nitrogens with zero attached hydrogens (tertiary/aromatic N) is 1. The number of sulfonamides is 1. The van der Waals surface area contributed by atoms with Crippen molar-refractivity contribution >= 4 is 16.0 Å². The van der Waals surface area contributed by atoms with E-state index in [2.05, 4.69) is 0 Å². The van der Waals surface area contributed by atoms with Crippen LogP contribution >= 0.6 is 0 Å². The molecule has 1 unspecified atom stereocenters. The van der Waals surface area contributed by atoms with Gasteiger partial charge in [-0.2, -0.15) is 17.5 Å². The van der Waals surface area contributed by atoms with Gasteiger partial charge in [0.1, 0.15) is 0 Å². The predicted molar refractivity (Wildman–Crippen MR) is 75.4 cm³/mol. The molecule has 2 rings (SSSR count). The zero-order valence-corrected chi connectivity index (χ0v) is 13.3. The minimum atomic E-state index is -5.02. The van der Waals surface area contributed by atoms with Crippen molar-refractivity contribution in [1.82, 2.24) is 4.31 Å². The molecule has 0 spiro atoms. The van der Waals surface area contributed by atoms with Crippen LogP contribution < -0.4 is 0 Å². The number of halogens is 3. The van der Waals surface area contributed by atoms with Crippen LogP contribution in [-0.2, 0) is 14.8 Å². The monoisotopic (exact) mass is 351 g/mol. The molecule has 1 aromatic carbocycles. The van der Waals surface area contributed by atoms with Gasteiger partial charge in [0, 0.05) is 13.1 Å². The summed E-state index contributed by atoms with van der Waals surface area (Å²) in [5.74, 6) is -2.05. The number of hydrogen-bond acceptors (Lipinski definition) is 3. The molecule has 5 nitrogen and oxygen atoms in total. The van der Waals surface area contributed by atoms with Gasteiger partial charge >= 0.3 is 12.1 Å². The normalized spacial score (nSPS) is 23.2. The average molecular weight is 351 g/mol. The highest BCUT2D eigenvalue weighted by atomic mass is 32.2. The molecule has 1 aromatic rings. The molecule has 23 heavy (non-hydrogen) atoms. The lowest BCUT2D eigenvalue weighted by Gasteiger charge is -2.27. The van der Waals surface area contributed by atoms with E-state index < -0.39 is 47.1 Å². The van der Waals surface area contributed by atoms with E-state index in [1.807, 2.05) is 0 Å². The number of benzene rings is 1. The summed E-state index contributed by atoms with van der Waals surface area (Å²) in [7, 11) is -4.19. The number of aliphatic carboxylic acids is 1. The predicted octanol–water partition coefficient (Wildman–Crippen LogP) is 2.33. The Kier molecular flexibility index (Phi) is 4.23. The zero-order chi connectivity index (χ0) is 17.6. The molecule has 1 heterocycles. The van der Waals surface area contributed by atoms with Crippen LogP contribution in [0.4, 0.5) is 13.2 Å². The van der Waals surface area contributed by atoms with Gasteiger partial charge in [0.25, 0.3) is 0 Å².